The first-order valence-electron chi connectivity index (χ1n) is 10.5. The van der Waals surface area contributed by atoms with Crippen LogP contribution in [0, 0.1) is 10.8 Å². The molecule has 0 fully saturated rings. The molecule has 5 heteroatoms. The van der Waals surface area contributed by atoms with E-state index >= 15 is 0 Å². The summed E-state index contributed by atoms with van der Waals surface area (Å²) in [5, 5.41) is 20.9. The summed E-state index contributed by atoms with van der Waals surface area (Å²) in [7, 11) is 0. The van der Waals surface area contributed by atoms with Crippen molar-refractivity contribution in [3.05, 3.63) is 6.07 Å². The van der Waals surface area contributed by atoms with E-state index in [0.717, 1.165) is 23.5 Å². The summed E-state index contributed by atoms with van der Waals surface area (Å²) in [5.74, 6) is 1.08. The van der Waals surface area contributed by atoms with E-state index in [1.54, 1.807) is 10.6 Å². The van der Waals surface area contributed by atoms with Gasteiger partial charge in [-0.25, -0.2) is 0 Å². The second kappa shape index (κ2) is 8.91. The monoisotopic (exact) mass is 413 g/mol. The van der Waals surface area contributed by atoms with Crippen molar-refractivity contribution in [2.75, 3.05) is 12.4 Å². The molecule has 0 bridgehead atoms. The number of nitrogens with zero attached hydrogens (tertiary/aromatic N) is 1. The van der Waals surface area contributed by atoms with Gasteiger partial charge in [-0.15, -0.1) is 11.8 Å². The molecule has 0 aliphatic rings. The van der Waals surface area contributed by atoms with E-state index in [4.69, 9.17) is 4.74 Å². The number of aromatic nitrogens is 1. The first kappa shape index (κ1) is 25.2. The molecule has 4 nitrogen and oxygen atoms in total. The van der Waals surface area contributed by atoms with Crippen LogP contribution in [0.2, 0.25) is 0 Å². The molecule has 1 rings (SSSR count). The fourth-order valence-electron chi connectivity index (χ4n) is 3.72. The Morgan fingerprint density at radius 2 is 1.57 bits per heavy atom. The molecule has 0 aromatic carbocycles. The van der Waals surface area contributed by atoms with E-state index in [0.29, 0.717) is 13.0 Å². The average molecular weight is 414 g/mol. The van der Waals surface area contributed by atoms with Gasteiger partial charge in [0.25, 0.3) is 0 Å². The van der Waals surface area contributed by atoms with E-state index in [2.05, 4.69) is 48.5 Å². The van der Waals surface area contributed by atoms with Crippen LogP contribution in [0.25, 0.3) is 0 Å². The number of aromatic hydroxyl groups is 2. The summed E-state index contributed by atoms with van der Waals surface area (Å²) in [6.07, 6.45) is 2.92. The Morgan fingerprint density at radius 1 is 1.00 bits per heavy atom. The van der Waals surface area contributed by atoms with E-state index in [1.807, 2.05) is 20.8 Å². The van der Waals surface area contributed by atoms with Gasteiger partial charge in [0.05, 0.1) is 10.5 Å². The normalized spacial score (nSPS) is 13.9. The molecule has 0 saturated carbocycles. The number of ether oxygens (including phenoxy) is 1. The smallest absolute Gasteiger partial charge is 0.208 e. The van der Waals surface area contributed by atoms with Crippen molar-refractivity contribution in [1.29, 1.82) is 0 Å². The summed E-state index contributed by atoms with van der Waals surface area (Å²) >= 11 is 1.53. The predicted molar refractivity (Wildman–Crippen MR) is 121 cm³/mol. The Kier molecular flexibility index (Phi) is 8.03. The summed E-state index contributed by atoms with van der Waals surface area (Å²) in [6.45, 7) is 22.4. The maximum Gasteiger partial charge on any atom is 0.208 e. The third kappa shape index (κ3) is 5.85. The Balaban J connectivity index is 2.86. The van der Waals surface area contributed by atoms with Gasteiger partial charge in [-0.3, -0.25) is 4.57 Å². The van der Waals surface area contributed by atoms with Crippen molar-refractivity contribution in [3.8, 4) is 11.8 Å². The molecule has 1 aromatic rings. The Morgan fingerprint density at radius 3 is 2.07 bits per heavy atom. The maximum absolute atomic E-state index is 10.6. The van der Waals surface area contributed by atoms with Crippen molar-refractivity contribution in [1.82, 2.24) is 4.57 Å². The van der Waals surface area contributed by atoms with Crippen LogP contribution in [-0.2, 0) is 10.3 Å². The van der Waals surface area contributed by atoms with Crippen molar-refractivity contribution < 1.29 is 14.9 Å². The fraction of sp³-hybridized carbons (Fsp3) is 0.826. The van der Waals surface area contributed by atoms with Crippen molar-refractivity contribution in [3.63, 3.8) is 0 Å². The minimum Gasteiger partial charge on any atom is -0.494 e. The molecule has 0 unspecified atom stereocenters. The van der Waals surface area contributed by atoms with Gasteiger partial charge in [-0.1, -0.05) is 48.0 Å². The van der Waals surface area contributed by atoms with Crippen molar-refractivity contribution >= 4 is 11.8 Å². The van der Waals surface area contributed by atoms with Crippen LogP contribution in [0.4, 0.5) is 0 Å². The number of rotatable bonds is 11. The first-order valence-corrected chi connectivity index (χ1v) is 11.5. The molecule has 0 amide bonds. The highest BCUT2D eigenvalue weighted by molar-refractivity contribution is 7.99. The molecule has 0 radical (unpaired) electrons. The van der Waals surface area contributed by atoms with Gasteiger partial charge >= 0.3 is 0 Å². The summed E-state index contributed by atoms with van der Waals surface area (Å²) in [5.41, 5.74) is -0.429. The lowest BCUT2D eigenvalue weighted by atomic mass is 9.66. The van der Waals surface area contributed by atoms with Gasteiger partial charge in [-0.05, 0) is 57.1 Å². The summed E-state index contributed by atoms with van der Waals surface area (Å²) < 4.78 is 8.01. The summed E-state index contributed by atoms with van der Waals surface area (Å²) in [4.78, 5) is 0.720. The Labute approximate surface area is 177 Å². The second-order valence-corrected chi connectivity index (χ2v) is 11.8. The van der Waals surface area contributed by atoms with Gasteiger partial charge in [0.1, 0.15) is 0 Å². The second-order valence-electron chi connectivity index (χ2n) is 10.5. The average Bonchev–Trinajstić information content (AvgIpc) is 2.80. The molecule has 164 valence electrons. The van der Waals surface area contributed by atoms with Crippen LogP contribution in [0.15, 0.2) is 11.0 Å². The predicted octanol–water partition coefficient (Wildman–Crippen LogP) is 6.78. The third-order valence-corrected chi connectivity index (χ3v) is 7.41. The Bertz CT molecular complexity index is 645. The molecule has 0 atom stereocenters. The highest BCUT2D eigenvalue weighted by atomic mass is 32.2. The molecule has 1 aromatic heterocycles. The van der Waals surface area contributed by atoms with Crippen LogP contribution in [0.3, 0.4) is 0 Å². The number of thioether (sulfide) groups is 1. The van der Waals surface area contributed by atoms with Crippen LogP contribution in [0.5, 0.6) is 11.8 Å². The molecule has 0 aliphatic carbocycles. The summed E-state index contributed by atoms with van der Waals surface area (Å²) in [6, 6.07) is 1.64. The lowest BCUT2D eigenvalue weighted by Crippen LogP contribution is -2.45. The van der Waals surface area contributed by atoms with Gasteiger partial charge in [-0.2, -0.15) is 0 Å². The quantitative estimate of drug-likeness (QED) is 0.392. The minimum absolute atomic E-state index is 0.0271. The number of hydrogen-bond acceptors (Lipinski definition) is 4. The largest absolute Gasteiger partial charge is 0.494 e. The molecule has 28 heavy (non-hydrogen) atoms. The van der Waals surface area contributed by atoms with E-state index < -0.39 is 5.54 Å². The first-order chi connectivity index (χ1) is 12.6. The molecule has 2 N–H and O–H groups in total. The fourth-order valence-corrected chi connectivity index (χ4v) is 4.44. The van der Waals surface area contributed by atoms with Crippen LogP contribution < -0.4 is 0 Å². The third-order valence-electron chi connectivity index (χ3n) is 6.51. The van der Waals surface area contributed by atoms with Crippen LogP contribution in [0.1, 0.15) is 88.5 Å². The lowest BCUT2D eigenvalue weighted by Gasteiger charge is -2.46. The van der Waals surface area contributed by atoms with E-state index in [9.17, 15) is 10.2 Å². The van der Waals surface area contributed by atoms with Crippen LogP contribution >= 0.6 is 11.8 Å². The van der Waals surface area contributed by atoms with Gasteiger partial charge in [0, 0.05) is 18.2 Å². The van der Waals surface area contributed by atoms with Crippen molar-refractivity contribution in [2.45, 2.75) is 105 Å². The molecule has 0 aliphatic heterocycles. The van der Waals surface area contributed by atoms with E-state index in [-0.39, 0.29) is 28.2 Å². The van der Waals surface area contributed by atoms with Gasteiger partial charge < -0.3 is 14.9 Å². The van der Waals surface area contributed by atoms with Gasteiger partial charge in [0.15, 0.2) is 5.88 Å². The van der Waals surface area contributed by atoms with Crippen molar-refractivity contribution in [2.24, 2.45) is 10.8 Å². The number of hydrogen-bond donors (Lipinski definition) is 2. The zero-order chi connectivity index (χ0) is 22.0. The lowest BCUT2D eigenvalue weighted by molar-refractivity contribution is -0.117. The topological polar surface area (TPSA) is 54.6 Å². The zero-order valence-electron chi connectivity index (χ0n) is 19.8. The molecular formula is C23H43NO3S. The molecule has 0 spiro atoms. The molecular weight excluding hydrogens is 370 g/mol. The molecule has 0 saturated heterocycles. The maximum atomic E-state index is 10.6. The Hall–Kier alpha value is -0.810. The molecule has 1 heterocycles. The van der Waals surface area contributed by atoms with Gasteiger partial charge in [0.2, 0.25) is 5.88 Å². The zero-order valence-corrected chi connectivity index (χ0v) is 20.6. The highest BCUT2D eigenvalue weighted by Gasteiger charge is 2.41. The SMILES string of the molecule is CCSc1cc(O)n(C(C)(C)CCOC(C)(C)C(C)(C)CC(C)(C)CC)c1O. The van der Waals surface area contributed by atoms with E-state index in [1.165, 1.54) is 11.8 Å². The minimum atomic E-state index is -0.455. The van der Waals surface area contributed by atoms with Crippen LogP contribution in [-0.4, -0.2) is 32.7 Å². The highest BCUT2D eigenvalue weighted by Crippen LogP contribution is 2.45. The standard InChI is InChI=1S/C23H43NO3S/c1-11-20(3,4)16-21(5,6)23(9,10)27-14-13-22(7,8)24-18(25)15-17(19(24)26)28-12-2/h15,25-26H,11-14,16H2,1-10H3.